The van der Waals surface area contributed by atoms with E-state index in [-0.39, 0.29) is 5.41 Å². The quantitative estimate of drug-likeness (QED) is 0.722. The molecular formula is C19H20N4O2S. The predicted octanol–water partition coefficient (Wildman–Crippen LogP) is 4.03. The van der Waals surface area contributed by atoms with Gasteiger partial charge in [0.1, 0.15) is 11.1 Å². The summed E-state index contributed by atoms with van der Waals surface area (Å²) in [5, 5.41) is 11.1. The molecule has 0 spiro atoms. The molecule has 2 N–H and O–H groups in total. The smallest absolute Gasteiger partial charge is 0.320 e. The second-order valence-corrected chi connectivity index (χ2v) is 9.14. The average molecular weight is 368 g/mol. The van der Waals surface area contributed by atoms with Gasteiger partial charge >= 0.3 is 5.97 Å². The van der Waals surface area contributed by atoms with Crippen LogP contribution < -0.4 is 0 Å². The molecule has 4 rings (SSSR count). The molecule has 0 bridgehead atoms. The molecule has 1 saturated carbocycles. The van der Waals surface area contributed by atoms with Gasteiger partial charge in [-0.1, -0.05) is 32.5 Å². The third kappa shape index (κ3) is 3.07. The Labute approximate surface area is 155 Å². The molecule has 0 amide bonds. The molecule has 134 valence electrons. The summed E-state index contributed by atoms with van der Waals surface area (Å²) in [6, 6.07) is 5.96. The topological polar surface area (TPSA) is 91.8 Å². The Hall–Kier alpha value is -2.41. The van der Waals surface area contributed by atoms with Crippen LogP contribution in [-0.4, -0.2) is 35.8 Å². The van der Waals surface area contributed by atoms with E-state index in [0.717, 1.165) is 33.0 Å². The predicted molar refractivity (Wildman–Crippen MR) is 101 cm³/mol. The van der Waals surface area contributed by atoms with Crippen molar-refractivity contribution in [3.05, 3.63) is 36.4 Å². The first-order valence-electron chi connectivity index (χ1n) is 8.51. The van der Waals surface area contributed by atoms with Gasteiger partial charge in [0.15, 0.2) is 0 Å². The van der Waals surface area contributed by atoms with Crippen molar-refractivity contribution in [2.45, 2.75) is 48.8 Å². The lowest BCUT2D eigenvalue weighted by atomic mass is 9.91. The van der Waals surface area contributed by atoms with Crippen LogP contribution in [0, 0.1) is 0 Å². The van der Waals surface area contributed by atoms with Crippen molar-refractivity contribution in [2.24, 2.45) is 0 Å². The number of H-pyrrole nitrogens is 1. The number of aromatic nitrogens is 4. The van der Waals surface area contributed by atoms with Crippen LogP contribution in [0.2, 0.25) is 0 Å². The van der Waals surface area contributed by atoms with Crippen LogP contribution >= 0.6 is 11.8 Å². The maximum Gasteiger partial charge on any atom is 0.320 e. The lowest BCUT2D eigenvalue weighted by Crippen LogP contribution is -2.17. The van der Waals surface area contributed by atoms with Gasteiger partial charge in [0.2, 0.25) is 0 Å². The van der Waals surface area contributed by atoms with Crippen molar-refractivity contribution in [1.82, 2.24) is 19.9 Å². The minimum atomic E-state index is -0.755. The molecule has 1 aliphatic rings. The van der Waals surface area contributed by atoms with Gasteiger partial charge in [-0.05, 0) is 31.0 Å². The van der Waals surface area contributed by atoms with Crippen LogP contribution in [0.1, 0.15) is 39.3 Å². The summed E-state index contributed by atoms with van der Waals surface area (Å²) >= 11 is 1.34. The van der Waals surface area contributed by atoms with Crippen molar-refractivity contribution >= 4 is 28.6 Å². The number of carbonyl (C=O) groups is 1. The molecular weight excluding hydrogens is 348 g/mol. The number of hydrogen-bond donors (Lipinski definition) is 2. The number of rotatable bonds is 4. The molecule has 0 unspecified atom stereocenters. The Morgan fingerprint density at radius 1 is 1.19 bits per heavy atom. The monoisotopic (exact) mass is 368 g/mol. The number of pyridine rings is 1. The molecule has 0 aromatic carbocycles. The molecule has 1 fully saturated rings. The van der Waals surface area contributed by atoms with Gasteiger partial charge in [-0.2, -0.15) is 0 Å². The first-order chi connectivity index (χ1) is 12.3. The summed E-state index contributed by atoms with van der Waals surface area (Å²) in [5.41, 5.74) is 3.56. The van der Waals surface area contributed by atoms with Crippen molar-refractivity contribution in [2.75, 3.05) is 0 Å². The number of nitrogens with zero attached hydrogens (tertiary/aromatic N) is 3. The molecule has 1 aliphatic carbocycles. The standard InChI is InChI=1S/C19H20N4O2S/c1-18(2,3)15-8-12(21-10-22-15)13-6-11-7-16(20-9-14(11)23-13)26-19(4-5-19)17(24)25/h6-10,23H,4-5H2,1-3H3,(H,24,25). The van der Waals surface area contributed by atoms with Crippen LogP contribution in [0.3, 0.4) is 0 Å². The fourth-order valence-corrected chi connectivity index (χ4v) is 3.88. The van der Waals surface area contributed by atoms with E-state index < -0.39 is 10.7 Å². The van der Waals surface area contributed by atoms with Gasteiger partial charge in [0, 0.05) is 16.5 Å². The van der Waals surface area contributed by atoms with E-state index in [2.05, 4.69) is 40.7 Å². The molecule has 7 heteroatoms. The summed E-state index contributed by atoms with van der Waals surface area (Å²) in [6.07, 6.45) is 4.73. The normalized spacial score (nSPS) is 16.0. The molecule has 0 atom stereocenters. The van der Waals surface area contributed by atoms with Gasteiger partial charge in [-0.15, -0.1) is 0 Å². The highest BCUT2D eigenvalue weighted by molar-refractivity contribution is 8.01. The van der Waals surface area contributed by atoms with Crippen LogP contribution in [0.25, 0.3) is 22.3 Å². The van der Waals surface area contributed by atoms with Gasteiger partial charge in [-0.3, -0.25) is 4.79 Å². The molecule has 0 radical (unpaired) electrons. The fraction of sp³-hybridized carbons (Fsp3) is 0.368. The van der Waals surface area contributed by atoms with Gasteiger partial charge in [0.05, 0.1) is 28.1 Å². The van der Waals surface area contributed by atoms with E-state index in [4.69, 9.17) is 0 Å². The summed E-state index contributed by atoms with van der Waals surface area (Å²) < 4.78 is -0.686. The molecule has 0 aliphatic heterocycles. The van der Waals surface area contributed by atoms with Crippen LogP contribution in [-0.2, 0) is 10.2 Å². The van der Waals surface area contributed by atoms with Crippen LogP contribution in [0.4, 0.5) is 0 Å². The van der Waals surface area contributed by atoms with Crippen molar-refractivity contribution < 1.29 is 9.90 Å². The molecule has 0 saturated heterocycles. The Balaban J connectivity index is 1.67. The van der Waals surface area contributed by atoms with Crippen molar-refractivity contribution in [1.29, 1.82) is 0 Å². The number of fused-ring (bicyclic) bond motifs is 1. The zero-order valence-electron chi connectivity index (χ0n) is 14.9. The third-order valence-corrected chi connectivity index (χ3v) is 5.99. The van der Waals surface area contributed by atoms with Gasteiger partial charge in [0.25, 0.3) is 0 Å². The van der Waals surface area contributed by atoms with E-state index in [1.165, 1.54) is 11.8 Å². The molecule has 6 nitrogen and oxygen atoms in total. The number of nitrogens with one attached hydrogen (secondary N) is 1. The van der Waals surface area contributed by atoms with Gasteiger partial charge in [-0.25, -0.2) is 15.0 Å². The second-order valence-electron chi connectivity index (χ2n) is 7.73. The lowest BCUT2D eigenvalue weighted by molar-refractivity contribution is -0.137. The fourth-order valence-electron chi connectivity index (χ4n) is 2.79. The number of aliphatic carboxylic acids is 1. The average Bonchev–Trinajstić information content (AvgIpc) is 3.25. The second kappa shape index (κ2) is 5.81. The first kappa shape index (κ1) is 17.0. The van der Waals surface area contributed by atoms with Gasteiger partial charge < -0.3 is 10.1 Å². The number of thioether (sulfide) groups is 1. The minimum Gasteiger partial charge on any atom is -0.480 e. The Kier molecular flexibility index (Phi) is 3.80. The van der Waals surface area contributed by atoms with Crippen molar-refractivity contribution in [3.63, 3.8) is 0 Å². The summed E-state index contributed by atoms with van der Waals surface area (Å²) in [4.78, 5) is 27.9. The zero-order chi connectivity index (χ0) is 18.5. The summed E-state index contributed by atoms with van der Waals surface area (Å²) in [5.74, 6) is -0.755. The molecule has 26 heavy (non-hydrogen) atoms. The minimum absolute atomic E-state index is 0.0511. The first-order valence-corrected chi connectivity index (χ1v) is 9.33. The summed E-state index contributed by atoms with van der Waals surface area (Å²) in [7, 11) is 0. The highest BCUT2D eigenvalue weighted by Crippen LogP contribution is 2.51. The Morgan fingerprint density at radius 2 is 1.96 bits per heavy atom. The highest BCUT2D eigenvalue weighted by Gasteiger charge is 2.51. The van der Waals surface area contributed by atoms with E-state index in [0.29, 0.717) is 12.8 Å². The lowest BCUT2D eigenvalue weighted by Gasteiger charge is -2.17. The van der Waals surface area contributed by atoms with E-state index >= 15 is 0 Å². The Morgan fingerprint density at radius 3 is 2.62 bits per heavy atom. The van der Waals surface area contributed by atoms with Crippen LogP contribution in [0.5, 0.6) is 0 Å². The largest absolute Gasteiger partial charge is 0.480 e. The number of aromatic amines is 1. The zero-order valence-corrected chi connectivity index (χ0v) is 15.7. The number of hydrogen-bond acceptors (Lipinski definition) is 5. The molecule has 3 aromatic rings. The number of carboxylic acids is 1. The summed E-state index contributed by atoms with van der Waals surface area (Å²) in [6.45, 7) is 6.36. The SMILES string of the molecule is CC(C)(C)c1cc(-c2cc3cc(SC4(C(=O)O)CC4)ncc3[nH]2)ncn1. The van der Waals surface area contributed by atoms with E-state index in [9.17, 15) is 9.90 Å². The Bertz CT molecular complexity index is 1000. The van der Waals surface area contributed by atoms with E-state index in [1.54, 1.807) is 12.5 Å². The van der Waals surface area contributed by atoms with E-state index in [1.807, 2.05) is 18.2 Å². The maximum absolute atomic E-state index is 11.4. The van der Waals surface area contributed by atoms with Crippen molar-refractivity contribution in [3.8, 4) is 11.4 Å². The highest BCUT2D eigenvalue weighted by atomic mass is 32.2. The maximum atomic E-state index is 11.4. The molecule has 3 heterocycles. The van der Waals surface area contributed by atoms with Crippen LogP contribution in [0.15, 0.2) is 35.7 Å². The molecule has 3 aromatic heterocycles. The third-order valence-electron chi connectivity index (χ3n) is 4.59. The number of carboxylic acid groups (broad SMARTS) is 1.